The molecule has 22 heavy (non-hydrogen) atoms. The number of hydrogen-bond donors (Lipinski definition) is 1. The minimum atomic E-state index is -3.06. The van der Waals surface area contributed by atoms with E-state index < -0.39 is 34.4 Å². The lowest BCUT2D eigenvalue weighted by Gasteiger charge is -2.11. The van der Waals surface area contributed by atoms with Crippen molar-refractivity contribution >= 4 is 21.7 Å². The van der Waals surface area contributed by atoms with Crippen molar-refractivity contribution in [3.63, 3.8) is 0 Å². The summed E-state index contributed by atoms with van der Waals surface area (Å²) in [5.41, 5.74) is 0.303. The van der Waals surface area contributed by atoms with Crippen LogP contribution in [0, 0.1) is 0 Å². The number of rotatable bonds is 5. The Morgan fingerprint density at radius 1 is 1.27 bits per heavy atom. The highest BCUT2D eigenvalue weighted by Crippen LogP contribution is 2.13. The average molecular weight is 327 g/mol. The van der Waals surface area contributed by atoms with Crippen molar-refractivity contribution in [2.24, 2.45) is 0 Å². The van der Waals surface area contributed by atoms with Gasteiger partial charge < -0.3 is 14.8 Å². The fourth-order valence-corrected chi connectivity index (χ4v) is 3.79. The van der Waals surface area contributed by atoms with Crippen LogP contribution in [0.1, 0.15) is 16.8 Å². The number of carbonyl (C=O) groups excluding carboxylic acids is 2. The lowest BCUT2D eigenvalue weighted by atomic mass is 10.2. The summed E-state index contributed by atoms with van der Waals surface area (Å²) in [5, 5.41) is 2.54. The van der Waals surface area contributed by atoms with E-state index >= 15 is 0 Å². The Hall–Kier alpha value is -2.09. The summed E-state index contributed by atoms with van der Waals surface area (Å²) < 4.78 is 32.4. The Balaban J connectivity index is 1.79. The summed E-state index contributed by atoms with van der Waals surface area (Å²) in [4.78, 5) is 23.4. The Morgan fingerprint density at radius 2 is 1.95 bits per heavy atom. The highest BCUT2D eigenvalue weighted by Gasteiger charge is 2.29. The molecule has 1 aliphatic rings. The molecule has 120 valence electrons. The van der Waals surface area contributed by atoms with Crippen molar-refractivity contribution in [3.8, 4) is 5.75 Å². The van der Waals surface area contributed by atoms with Gasteiger partial charge in [0, 0.05) is 6.04 Å². The number of sulfone groups is 1. The van der Waals surface area contributed by atoms with E-state index in [1.165, 1.54) is 19.2 Å². The Kier molecular flexibility index (Phi) is 5.02. The highest BCUT2D eigenvalue weighted by molar-refractivity contribution is 7.91. The zero-order valence-corrected chi connectivity index (χ0v) is 12.9. The van der Waals surface area contributed by atoms with Crippen LogP contribution in [-0.4, -0.2) is 51.6 Å². The first-order valence-electron chi connectivity index (χ1n) is 6.70. The predicted molar refractivity (Wildman–Crippen MR) is 78.5 cm³/mol. The van der Waals surface area contributed by atoms with Crippen molar-refractivity contribution in [1.82, 2.24) is 5.32 Å². The quantitative estimate of drug-likeness (QED) is 0.773. The van der Waals surface area contributed by atoms with Gasteiger partial charge in [-0.15, -0.1) is 0 Å². The third-order valence-electron chi connectivity index (χ3n) is 3.26. The summed E-state index contributed by atoms with van der Waals surface area (Å²) >= 11 is 0. The fraction of sp³-hybridized carbons (Fsp3) is 0.429. The maximum Gasteiger partial charge on any atom is 0.338 e. The van der Waals surface area contributed by atoms with Gasteiger partial charge in [-0.1, -0.05) is 0 Å². The van der Waals surface area contributed by atoms with E-state index in [1.54, 1.807) is 12.1 Å². The van der Waals surface area contributed by atoms with Gasteiger partial charge in [-0.2, -0.15) is 0 Å². The average Bonchev–Trinajstić information content (AvgIpc) is 2.83. The van der Waals surface area contributed by atoms with E-state index in [4.69, 9.17) is 9.47 Å². The van der Waals surface area contributed by atoms with Crippen molar-refractivity contribution in [2.45, 2.75) is 12.5 Å². The maximum absolute atomic E-state index is 11.8. The fourth-order valence-electron chi connectivity index (χ4n) is 2.12. The smallest absolute Gasteiger partial charge is 0.338 e. The molecule has 0 bridgehead atoms. The number of ether oxygens (including phenoxy) is 2. The predicted octanol–water partition coefficient (Wildman–Crippen LogP) is 0.155. The molecule has 2 rings (SSSR count). The standard InChI is InChI=1S/C14H17NO6S/c1-20-12-4-2-10(3-5-12)14(17)21-8-13(16)15-11-6-7-22(18,19)9-11/h2-5,11H,6-9H2,1H3,(H,15,16)/t11-/m0/s1. The Labute approximate surface area is 128 Å². The first-order valence-corrected chi connectivity index (χ1v) is 8.53. The van der Waals surface area contributed by atoms with Crippen LogP contribution in [0.15, 0.2) is 24.3 Å². The van der Waals surface area contributed by atoms with Crippen molar-refractivity contribution in [2.75, 3.05) is 25.2 Å². The van der Waals surface area contributed by atoms with Crippen molar-refractivity contribution in [3.05, 3.63) is 29.8 Å². The second-order valence-electron chi connectivity index (χ2n) is 4.97. The number of nitrogens with one attached hydrogen (secondary N) is 1. The van der Waals surface area contributed by atoms with Gasteiger partial charge in [-0.25, -0.2) is 13.2 Å². The van der Waals surface area contributed by atoms with E-state index in [0.717, 1.165) is 0 Å². The van der Waals surface area contributed by atoms with E-state index in [-0.39, 0.29) is 11.5 Å². The van der Waals surface area contributed by atoms with E-state index in [2.05, 4.69) is 5.32 Å². The van der Waals surface area contributed by atoms with Crippen LogP contribution in [0.5, 0.6) is 5.75 Å². The van der Waals surface area contributed by atoms with Crippen LogP contribution in [0.25, 0.3) is 0 Å². The lowest BCUT2D eigenvalue weighted by molar-refractivity contribution is -0.124. The monoisotopic (exact) mass is 327 g/mol. The summed E-state index contributed by atoms with van der Waals surface area (Å²) in [6.07, 6.45) is 0.389. The number of amides is 1. The molecule has 0 radical (unpaired) electrons. The molecule has 7 nitrogen and oxygen atoms in total. The number of benzene rings is 1. The van der Waals surface area contributed by atoms with Crippen LogP contribution in [-0.2, 0) is 19.4 Å². The second-order valence-corrected chi connectivity index (χ2v) is 7.20. The van der Waals surface area contributed by atoms with E-state index in [1.807, 2.05) is 0 Å². The minimum absolute atomic E-state index is 0.0643. The van der Waals surface area contributed by atoms with Crippen LogP contribution in [0.4, 0.5) is 0 Å². The van der Waals surface area contributed by atoms with E-state index in [9.17, 15) is 18.0 Å². The topological polar surface area (TPSA) is 98.8 Å². The zero-order valence-electron chi connectivity index (χ0n) is 12.1. The molecule has 1 aromatic rings. The number of methoxy groups -OCH3 is 1. The van der Waals surface area contributed by atoms with Crippen LogP contribution < -0.4 is 10.1 Å². The molecule has 1 fully saturated rings. The molecule has 1 aromatic carbocycles. The maximum atomic E-state index is 11.8. The van der Waals surface area contributed by atoms with Crippen LogP contribution in [0.3, 0.4) is 0 Å². The van der Waals surface area contributed by atoms with Gasteiger partial charge in [0.2, 0.25) is 0 Å². The summed E-state index contributed by atoms with van der Waals surface area (Å²) in [5.74, 6) is -0.521. The molecular weight excluding hydrogens is 310 g/mol. The molecule has 8 heteroatoms. The lowest BCUT2D eigenvalue weighted by Crippen LogP contribution is -2.38. The van der Waals surface area contributed by atoms with Gasteiger partial charge >= 0.3 is 5.97 Å². The van der Waals surface area contributed by atoms with Gasteiger partial charge in [0.25, 0.3) is 5.91 Å². The SMILES string of the molecule is COc1ccc(C(=O)OCC(=O)N[C@H]2CCS(=O)(=O)C2)cc1. The second kappa shape index (κ2) is 6.78. The molecule has 1 N–H and O–H groups in total. The number of hydrogen-bond acceptors (Lipinski definition) is 6. The molecule has 1 heterocycles. The highest BCUT2D eigenvalue weighted by atomic mass is 32.2. The molecule has 0 saturated carbocycles. The van der Waals surface area contributed by atoms with Crippen molar-refractivity contribution < 1.29 is 27.5 Å². The van der Waals surface area contributed by atoms with Gasteiger partial charge in [0.15, 0.2) is 16.4 Å². The van der Waals surface area contributed by atoms with Gasteiger partial charge in [0.05, 0.1) is 24.2 Å². The summed E-state index contributed by atoms with van der Waals surface area (Å²) in [6.45, 7) is -0.443. The number of carbonyl (C=O) groups is 2. The minimum Gasteiger partial charge on any atom is -0.497 e. The number of esters is 1. The molecule has 1 amide bonds. The first-order chi connectivity index (χ1) is 10.4. The summed E-state index contributed by atoms with van der Waals surface area (Å²) in [6, 6.07) is 5.88. The Morgan fingerprint density at radius 3 is 2.50 bits per heavy atom. The molecule has 0 aliphatic carbocycles. The van der Waals surface area contributed by atoms with Crippen molar-refractivity contribution in [1.29, 1.82) is 0 Å². The van der Waals surface area contributed by atoms with Crippen LogP contribution >= 0.6 is 0 Å². The first kappa shape index (κ1) is 16.3. The van der Waals surface area contributed by atoms with E-state index in [0.29, 0.717) is 17.7 Å². The van der Waals surface area contributed by atoms with Gasteiger partial charge in [0.1, 0.15) is 5.75 Å². The third kappa shape index (κ3) is 4.45. The van der Waals surface area contributed by atoms with Crippen LogP contribution in [0.2, 0.25) is 0 Å². The largest absolute Gasteiger partial charge is 0.497 e. The molecule has 1 saturated heterocycles. The van der Waals surface area contributed by atoms with Gasteiger partial charge in [-0.3, -0.25) is 4.79 Å². The Bertz CT molecular complexity index is 652. The molecule has 0 unspecified atom stereocenters. The zero-order chi connectivity index (χ0) is 16.2. The molecule has 0 aromatic heterocycles. The molecular formula is C14H17NO6S. The molecule has 0 spiro atoms. The normalized spacial score (nSPS) is 19.4. The molecule has 1 aliphatic heterocycles. The van der Waals surface area contributed by atoms with Gasteiger partial charge in [-0.05, 0) is 30.7 Å². The summed E-state index contributed by atoms with van der Waals surface area (Å²) in [7, 11) is -1.54. The molecule has 1 atom stereocenters. The third-order valence-corrected chi connectivity index (χ3v) is 5.03.